The van der Waals surface area contributed by atoms with E-state index in [0.29, 0.717) is 0 Å². The first-order valence-corrected chi connectivity index (χ1v) is 5.92. The molecule has 1 heterocycles. The molecule has 0 bridgehead atoms. The van der Waals surface area contributed by atoms with Crippen LogP contribution in [0.2, 0.25) is 0 Å². The Kier molecular flexibility index (Phi) is 2.61. The number of hydrogen-bond acceptors (Lipinski definition) is 2. The van der Waals surface area contributed by atoms with Crippen LogP contribution in [-0.4, -0.2) is 14.7 Å². The smallest absolute Gasteiger partial charge is 0.100 e. The Morgan fingerprint density at radius 2 is 2.00 bits per heavy atom. The van der Waals surface area contributed by atoms with Gasteiger partial charge in [-0.2, -0.15) is 0 Å². The molecule has 0 radical (unpaired) electrons. The van der Waals surface area contributed by atoms with Gasteiger partial charge in [0.2, 0.25) is 0 Å². The molecule has 18 heavy (non-hydrogen) atoms. The molecule has 0 saturated carbocycles. The van der Waals surface area contributed by atoms with Crippen LogP contribution >= 0.6 is 0 Å². The molecular weight excluding hydrogens is 224 g/mol. The molecule has 0 saturated heterocycles. The molecule has 3 nitrogen and oxygen atoms in total. The summed E-state index contributed by atoms with van der Waals surface area (Å²) < 4.78 is 2.08. The summed E-state index contributed by atoms with van der Waals surface area (Å²) in [7, 11) is 0. The molecule has 3 heteroatoms. The lowest BCUT2D eigenvalue weighted by Gasteiger charge is -2.07. The molecule has 90 valence electrons. The van der Waals surface area contributed by atoms with Gasteiger partial charge in [-0.15, -0.1) is 0 Å². The van der Waals surface area contributed by atoms with E-state index < -0.39 is 0 Å². The van der Waals surface area contributed by atoms with E-state index in [2.05, 4.69) is 28.6 Å². The molecule has 0 aliphatic carbocycles. The molecular formula is C15H14N2O. The number of aliphatic hydroxyl groups excluding tert-OH is 1. The van der Waals surface area contributed by atoms with Crippen molar-refractivity contribution < 1.29 is 5.11 Å². The van der Waals surface area contributed by atoms with Gasteiger partial charge in [-0.05, 0) is 36.2 Å². The Balaban J connectivity index is 2.22. The first kappa shape index (κ1) is 11.0. The highest BCUT2D eigenvalue weighted by molar-refractivity contribution is 5.78. The molecule has 3 rings (SSSR count). The first-order chi connectivity index (χ1) is 8.79. The topological polar surface area (TPSA) is 38.0 Å². The predicted octanol–water partition coefficient (Wildman–Crippen LogP) is 2.83. The molecule has 0 amide bonds. The Bertz CT molecular complexity index is 701. The first-order valence-electron chi connectivity index (χ1n) is 5.92. The normalized spacial score (nSPS) is 11.0. The van der Waals surface area contributed by atoms with E-state index in [1.54, 1.807) is 0 Å². The number of para-hydroxylation sites is 1. The van der Waals surface area contributed by atoms with Gasteiger partial charge in [0.1, 0.15) is 6.33 Å². The lowest BCUT2D eigenvalue weighted by atomic mass is 10.2. The number of aliphatic hydroxyl groups is 1. The summed E-state index contributed by atoms with van der Waals surface area (Å²) >= 11 is 0. The van der Waals surface area contributed by atoms with Gasteiger partial charge in [0, 0.05) is 0 Å². The highest BCUT2D eigenvalue weighted by Gasteiger charge is 2.06. The third kappa shape index (κ3) is 1.69. The summed E-state index contributed by atoms with van der Waals surface area (Å²) in [5.41, 5.74) is 5.20. The van der Waals surface area contributed by atoms with Crippen molar-refractivity contribution in [3.05, 3.63) is 59.9 Å². The van der Waals surface area contributed by atoms with E-state index in [1.165, 1.54) is 5.56 Å². The van der Waals surface area contributed by atoms with Crippen LogP contribution in [0.5, 0.6) is 0 Å². The third-order valence-electron chi connectivity index (χ3n) is 3.17. The third-order valence-corrected chi connectivity index (χ3v) is 3.17. The zero-order valence-corrected chi connectivity index (χ0v) is 10.2. The zero-order chi connectivity index (χ0) is 12.5. The maximum absolute atomic E-state index is 9.13. The van der Waals surface area contributed by atoms with Gasteiger partial charge in [-0.25, -0.2) is 4.98 Å². The Morgan fingerprint density at radius 1 is 1.17 bits per heavy atom. The van der Waals surface area contributed by atoms with Gasteiger partial charge in [-0.3, -0.25) is 4.57 Å². The van der Waals surface area contributed by atoms with E-state index in [-0.39, 0.29) is 6.61 Å². The summed E-state index contributed by atoms with van der Waals surface area (Å²) in [6, 6.07) is 14.1. The molecule has 3 aromatic rings. The van der Waals surface area contributed by atoms with Gasteiger partial charge in [-0.1, -0.05) is 24.3 Å². The standard InChI is InChI=1S/C15H14N2O/c1-11-4-2-3-5-14(11)17-10-16-13-8-12(9-18)6-7-15(13)17/h2-8,10,18H,9H2,1H3. The molecule has 0 aliphatic heterocycles. The molecule has 1 N–H and O–H groups in total. The molecule has 0 spiro atoms. The van der Waals surface area contributed by atoms with Crippen molar-refractivity contribution in [1.29, 1.82) is 0 Å². The number of aryl methyl sites for hydroxylation is 1. The fourth-order valence-electron chi connectivity index (χ4n) is 2.18. The zero-order valence-electron chi connectivity index (χ0n) is 10.2. The van der Waals surface area contributed by atoms with Crippen molar-refractivity contribution in [3.8, 4) is 5.69 Å². The molecule has 0 aliphatic rings. The minimum Gasteiger partial charge on any atom is -0.392 e. The van der Waals surface area contributed by atoms with Gasteiger partial charge in [0.15, 0.2) is 0 Å². The van der Waals surface area contributed by atoms with Crippen molar-refractivity contribution >= 4 is 11.0 Å². The SMILES string of the molecule is Cc1ccccc1-n1cnc2cc(CO)ccc21. The fraction of sp³-hybridized carbons (Fsp3) is 0.133. The molecule has 1 aromatic heterocycles. The number of fused-ring (bicyclic) bond motifs is 1. The lowest BCUT2D eigenvalue weighted by Crippen LogP contribution is -1.94. The summed E-state index contributed by atoms with van der Waals surface area (Å²) in [6.45, 7) is 2.14. The maximum Gasteiger partial charge on any atom is 0.100 e. The summed E-state index contributed by atoms with van der Waals surface area (Å²) in [5, 5.41) is 9.13. The summed E-state index contributed by atoms with van der Waals surface area (Å²) in [5.74, 6) is 0. The van der Waals surface area contributed by atoms with Crippen LogP contribution in [0.1, 0.15) is 11.1 Å². The van der Waals surface area contributed by atoms with Gasteiger partial charge >= 0.3 is 0 Å². The predicted molar refractivity (Wildman–Crippen MR) is 71.7 cm³/mol. The van der Waals surface area contributed by atoms with Gasteiger partial charge in [0.25, 0.3) is 0 Å². The second kappa shape index (κ2) is 4.27. The van der Waals surface area contributed by atoms with Crippen LogP contribution in [0.4, 0.5) is 0 Å². The van der Waals surface area contributed by atoms with Crippen LogP contribution in [0.15, 0.2) is 48.8 Å². The van der Waals surface area contributed by atoms with E-state index in [0.717, 1.165) is 22.3 Å². The minimum absolute atomic E-state index is 0.0488. The molecule has 0 unspecified atom stereocenters. The molecule has 0 fully saturated rings. The lowest BCUT2D eigenvalue weighted by molar-refractivity contribution is 0.282. The Labute approximate surface area is 105 Å². The van der Waals surface area contributed by atoms with Crippen molar-refractivity contribution in [1.82, 2.24) is 9.55 Å². The maximum atomic E-state index is 9.13. The minimum atomic E-state index is 0.0488. The van der Waals surface area contributed by atoms with Crippen LogP contribution in [0.25, 0.3) is 16.7 Å². The number of imidazole rings is 1. The fourth-order valence-corrected chi connectivity index (χ4v) is 2.18. The Morgan fingerprint density at radius 3 is 2.78 bits per heavy atom. The average Bonchev–Trinajstić information content (AvgIpc) is 2.82. The molecule has 0 atom stereocenters. The number of rotatable bonds is 2. The largest absolute Gasteiger partial charge is 0.392 e. The van der Waals surface area contributed by atoms with Crippen LogP contribution in [0, 0.1) is 6.92 Å². The van der Waals surface area contributed by atoms with E-state index in [9.17, 15) is 0 Å². The highest BCUT2D eigenvalue weighted by Crippen LogP contribution is 2.21. The summed E-state index contributed by atoms with van der Waals surface area (Å²) in [6.07, 6.45) is 1.83. The van der Waals surface area contributed by atoms with Crippen LogP contribution < -0.4 is 0 Å². The average molecular weight is 238 g/mol. The number of hydrogen-bond donors (Lipinski definition) is 1. The number of nitrogens with zero attached hydrogens (tertiary/aromatic N) is 2. The van der Waals surface area contributed by atoms with Crippen molar-refractivity contribution in [2.24, 2.45) is 0 Å². The Hall–Kier alpha value is -2.13. The quantitative estimate of drug-likeness (QED) is 0.745. The second-order valence-corrected chi connectivity index (χ2v) is 4.38. The van der Waals surface area contributed by atoms with Crippen molar-refractivity contribution in [3.63, 3.8) is 0 Å². The number of aromatic nitrogens is 2. The van der Waals surface area contributed by atoms with E-state index in [4.69, 9.17) is 5.11 Å². The van der Waals surface area contributed by atoms with Crippen molar-refractivity contribution in [2.75, 3.05) is 0 Å². The van der Waals surface area contributed by atoms with Crippen LogP contribution in [-0.2, 0) is 6.61 Å². The van der Waals surface area contributed by atoms with Gasteiger partial charge in [0.05, 0.1) is 23.3 Å². The van der Waals surface area contributed by atoms with E-state index >= 15 is 0 Å². The molecule has 2 aromatic carbocycles. The van der Waals surface area contributed by atoms with Crippen LogP contribution in [0.3, 0.4) is 0 Å². The van der Waals surface area contributed by atoms with Gasteiger partial charge < -0.3 is 5.11 Å². The second-order valence-electron chi connectivity index (χ2n) is 4.38. The van der Waals surface area contributed by atoms with Crippen molar-refractivity contribution in [2.45, 2.75) is 13.5 Å². The monoisotopic (exact) mass is 238 g/mol. The summed E-state index contributed by atoms with van der Waals surface area (Å²) in [4.78, 5) is 4.40. The highest BCUT2D eigenvalue weighted by atomic mass is 16.3. The van der Waals surface area contributed by atoms with E-state index in [1.807, 2.05) is 36.7 Å². The number of benzene rings is 2.